The van der Waals surface area contributed by atoms with Crippen molar-refractivity contribution in [3.63, 3.8) is 0 Å². The van der Waals surface area contributed by atoms with E-state index in [2.05, 4.69) is 21.0 Å². The quantitative estimate of drug-likeness (QED) is 0.481. The Morgan fingerprint density at radius 1 is 1.48 bits per heavy atom. The zero-order valence-electron chi connectivity index (χ0n) is 12.0. The molecule has 108 valence electrons. The normalized spacial score (nSPS) is 11.0. The van der Waals surface area contributed by atoms with Gasteiger partial charge in [-0.2, -0.15) is 4.99 Å². The standard InChI is InChI=1S/C15H16N4O2/c1-3-16-11-18-13(15(20)21-4-2)9-12-5-6-14-17-7-8-19(14)10-12/h5-10H,3-4H2,1-2H3/b13-9-. The molecule has 0 atom stereocenters. The Bertz CT molecular complexity index is 720. The van der Waals surface area contributed by atoms with E-state index in [4.69, 9.17) is 4.74 Å². The zero-order valence-corrected chi connectivity index (χ0v) is 12.0. The lowest BCUT2D eigenvalue weighted by Crippen LogP contribution is -2.06. The molecule has 21 heavy (non-hydrogen) atoms. The summed E-state index contributed by atoms with van der Waals surface area (Å²) >= 11 is 0. The molecular formula is C15H16N4O2. The monoisotopic (exact) mass is 284 g/mol. The predicted molar refractivity (Wildman–Crippen MR) is 80.2 cm³/mol. The molecule has 2 aromatic heterocycles. The molecule has 0 amide bonds. The summed E-state index contributed by atoms with van der Waals surface area (Å²) < 4.78 is 6.84. The number of rotatable bonds is 5. The number of aliphatic imine (C=N–C) groups is 2. The van der Waals surface area contributed by atoms with Crippen LogP contribution < -0.4 is 0 Å². The summed E-state index contributed by atoms with van der Waals surface area (Å²) in [4.78, 5) is 23.8. The Morgan fingerprint density at radius 3 is 3.10 bits per heavy atom. The molecule has 0 aromatic carbocycles. The van der Waals surface area contributed by atoms with E-state index in [9.17, 15) is 4.79 Å². The summed E-state index contributed by atoms with van der Waals surface area (Å²) in [5, 5.41) is 0. The van der Waals surface area contributed by atoms with Gasteiger partial charge in [0, 0.05) is 25.1 Å². The van der Waals surface area contributed by atoms with Crippen LogP contribution in [0.1, 0.15) is 19.4 Å². The highest BCUT2D eigenvalue weighted by atomic mass is 16.5. The van der Waals surface area contributed by atoms with Crippen LogP contribution >= 0.6 is 0 Å². The van der Waals surface area contributed by atoms with Crippen molar-refractivity contribution in [2.75, 3.05) is 13.2 Å². The molecule has 0 aliphatic heterocycles. The first kappa shape index (κ1) is 14.7. The highest BCUT2D eigenvalue weighted by Gasteiger charge is 2.09. The summed E-state index contributed by atoms with van der Waals surface area (Å²) in [6, 6.07) is 6.20. The van der Waals surface area contributed by atoms with Crippen LogP contribution in [-0.2, 0) is 9.53 Å². The van der Waals surface area contributed by atoms with Crippen molar-refractivity contribution in [3.8, 4) is 0 Å². The first-order valence-corrected chi connectivity index (χ1v) is 6.68. The van der Waals surface area contributed by atoms with E-state index in [1.807, 2.05) is 35.9 Å². The first-order chi connectivity index (χ1) is 10.2. The lowest BCUT2D eigenvalue weighted by Gasteiger charge is -2.01. The van der Waals surface area contributed by atoms with E-state index >= 15 is 0 Å². The van der Waals surface area contributed by atoms with Gasteiger partial charge in [-0.3, -0.25) is 0 Å². The SMILES string of the molecule is CCN=C=N/C(=C\c1ccc2nccn2c1)C(=O)OCC. The van der Waals surface area contributed by atoms with E-state index in [1.165, 1.54) is 0 Å². The number of nitrogens with zero attached hydrogens (tertiary/aromatic N) is 4. The minimum Gasteiger partial charge on any atom is -0.461 e. The molecule has 2 aromatic rings. The number of pyridine rings is 1. The van der Waals surface area contributed by atoms with Crippen molar-refractivity contribution in [1.82, 2.24) is 9.38 Å². The highest BCUT2D eigenvalue weighted by Crippen LogP contribution is 2.11. The highest BCUT2D eigenvalue weighted by molar-refractivity contribution is 5.94. The molecule has 0 unspecified atom stereocenters. The number of esters is 1. The average molecular weight is 284 g/mol. The predicted octanol–water partition coefficient (Wildman–Crippen LogP) is 2.43. The van der Waals surface area contributed by atoms with Crippen molar-refractivity contribution in [3.05, 3.63) is 42.0 Å². The van der Waals surface area contributed by atoms with Crippen LogP contribution in [0.2, 0.25) is 0 Å². The zero-order chi connectivity index (χ0) is 15.1. The van der Waals surface area contributed by atoms with Crippen LogP contribution in [-0.4, -0.2) is 34.5 Å². The minimum absolute atomic E-state index is 0.161. The average Bonchev–Trinajstić information content (AvgIpc) is 2.94. The van der Waals surface area contributed by atoms with E-state index < -0.39 is 5.97 Å². The Balaban J connectivity index is 2.37. The van der Waals surface area contributed by atoms with Crippen LogP contribution in [0, 0.1) is 0 Å². The summed E-state index contributed by atoms with van der Waals surface area (Å²) in [6.07, 6.45) is 7.03. The van der Waals surface area contributed by atoms with Gasteiger partial charge in [0.1, 0.15) is 5.65 Å². The maximum atomic E-state index is 11.9. The molecule has 0 saturated carbocycles. The minimum atomic E-state index is -0.498. The Kier molecular flexibility index (Phi) is 5.01. The molecule has 0 fully saturated rings. The van der Waals surface area contributed by atoms with Gasteiger partial charge in [0.15, 0.2) is 5.70 Å². The molecule has 0 saturated heterocycles. The summed E-state index contributed by atoms with van der Waals surface area (Å²) in [7, 11) is 0. The number of hydrogen-bond acceptors (Lipinski definition) is 5. The van der Waals surface area contributed by atoms with Gasteiger partial charge in [0.2, 0.25) is 0 Å². The van der Waals surface area contributed by atoms with Gasteiger partial charge in [0.25, 0.3) is 0 Å². The largest absolute Gasteiger partial charge is 0.461 e. The molecule has 0 radical (unpaired) electrons. The topological polar surface area (TPSA) is 68.3 Å². The molecule has 0 aliphatic rings. The third kappa shape index (κ3) is 3.87. The maximum Gasteiger partial charge on any atom is 0.357 e. The lowest BCUT2D eigenvalue weighted by molar-refractivity contribution is -0.138. The second kappa shape index (κ2) is 7.17. The molecule has 0 bridgehead atoms. The fourth-order valence-corrected chi connectivity index (χ4v) is 1.68. The smallest absolute Gasteiger partial charge is 0.357 e. The summed E-state index contributed by atoms with van der Waals surface area (Å²) in [5.41, 5.74) is 1.81. The van der Waals surface area contributed by atoms with Crippen molar-refractivity contribution >= 4 is 23.7 Å². The lowest BCUT2D eigenvalue weighted by atomic mass is 10.2. The Hall–Kier alpha value is -2.72. The fraction of sp³-hybridized carbons (Fsp3) is 0.267. The molecule has 0 aliphatic carbocycles. The van der Waals surface area contributed by atoms with Gasteiger partial charge in [-0.05, 0) is 37.6 Å². The number of aromatic nitrogens is 2. The summed E-state index contributed by atoms with van der Waals surface area (Å²) in [5.74, 6) is -0.498. The van der Waals surface area contributed by atoms with E-state index in [0.29, 0.717) is 6.54 Å². The molecular weight excluding hydrogens is 268 g/mol. The third-order valence-corrected chi connectivity index (χ3v) is 2.60. The number of fused-ring (bicyclic) bond motifs is 1. The first-order valence-electron chi connectivity index (χ1n) is 6.68. The van der Waals surface area contributed by atoms with Crippen LogP contribution in [0.15, 0.2) is 46.4 Å². The molecule has 2 heterocycles. The summed E-state index contributed by atoms with van der Waals surface area (Å²) in [6.45, 7) is 4.46. The molecule has 0 spiro atoms. The van der Waals surface area contributed by atoms with E-state index in [1.54, 1.807) is 19.2 Å². The fourth-order valence-electron chi connectivity index (χ4n) is 1.68. The number of imidazole rings is 1. The Morgan fingerprint density at radius 2 is 2.33 bits per heavy atom. The van der Waals surface area contributed by atoms with Gasteiger partial charge in [0.05, 0.1) is 12.6 Å². The molecule has 0 N–H and O–H groups in total. The second-order valence-corrected chi connectivity index (χ2v) is 4.09. The Labute approximate surface area is 122 Å². The molecule has 2 rings (SSSR count). The second-order valence-electron chi connectivity index (χ2n) is 4.09. The van der Waals surface area contributed by atoms with Crippen LogP contribution in [0.25, 0.3) is 11.7 Å². The number of carbonyl (C=O) groups is 1. The third-order valence-electron chi connectivity index (χ3n) is 2.60. The van der Waals surface area contributed by atoms with Crippen molar-refractivity contribution < 1.29 is 9.53 Å². The van der Waals surface area contributed by atoms with Gasteiger partial charge in [-0.25, -0.2) is 14.8 Å². The van der Waals surface area contributed by atoms with Crippen molar-refractivity contribution in [2.45, 2.75) is 13.8 Å². The van der Waals surface area contributed by atoms with Gasteiger partial charge in [-0.15, -0.1) is 0 Å². The van der Waals surface area contributed by atoms with Gasteiger partial charge in [-0.1, -0.05) is 0 Å². The van der Waals surface area contributed by atoms with Gasteiger partial charge >= 0.3 is 5.97 Å². The number of carbonyl (C=O) groups excluding carboxylic acids is 1. The van der Waals surface area contributed by atoms with Gasteiger partial charge < -0.3 is 9.14 Å². The van der Waals surface area contributed by atoms with Crippen LogP contribution in [0.3, 0.4) is 0 Å². The maximum absolute atomic E-state index is 11.9. The molecule has 6 heteroatoms. The van der Waals surface area contributed by atoms with Crippen LogP contribution in [0.5, 0.6) is 0 Å². The van der Waals surface area contributed by atoms with Crippen LogP contribution in [0.4, 0.5) is 0 Å². The van der Waals surface area contributed by atoms with E-state index in [-0.39, 0.29) is 12.3 Å². The van der Waals surface area contributed by atoms with Crippen molar-refractivity contribution in [1.29, 1.82) is 0 Å². The van der Waals surface area contributed by atoms with E-state index in [0.717, 1.165) is 11.2 Å². The van der Waals surface area contributed by atoms with Crippen molar-refractivity contribution in [2.24, 2.45) is 9.98 Å². The number of ether oxygens (including phenoxy) is 1. The number of hydrogen-bond donors (Lipinski definition) is 0. The molecule has 6 nitrogen and oxygen atoms in total.